The Labute approximate surface area is 240 Å². The number of benzene rings is 4. The van der Waals surface area contributed by atoms with Crippen LogP contribution in [-0.2, 0) is 4.79 Å². The predicted molar refractivity (Wildman–Crippen MR) is 165 cm³/mol. The van der Waals surface area contributed by atoms with Crippen molar-refractivity contribution < 1.29 is 9.53 Å². The number of hydrogen-bond donors (Lipinski definition) is 1. The largest absolute Gasteiger partial charge is 0.483 e. The summed E-state index contributed by atoms with van der Waals surface area (Å²) in [6.45, 7) is 5.88. The van der Waals surface area contributed by atoms with E-state index in [1.165, 1.54) is 4.68 Å². The summed E-state index contributed by atoms with van der Waals surface area (Å²) in [6, 6.07) is 24.6. The van der Waals surface area contributed by atoms with Crippen LogP contribution in [-0.4, -0.2) is 28.4 Å². The van der Waals surface area contributed by atoms with Crippen LogP contribution < -0.4 is 15.6 Å². The Morgan fingerprint density at radius 2 is 1.85 bits per heavy atom. The van der Waals surface area contributed by atoms with E-state index in [2.05, 4.69) is 33.3 Å². The fourth-order valence-corrected chi connectivity index (χ4v) is 4.77. The van der Waals surface area contributed by atoms with E-state index in [-0.39, 0.29) is 24.0 Å². The number of fused-ring (bicyclic) bond motifs is 2. The summed E-state index contributed by atoms with van der Waals surface area (Å²) in [5, 5.41) is 9.85. The molecule has 4 aromatic carbocycles. The van der Waals surface area contributed by atoms with Gasteiger partial charge in [0.1, 0.15) is 11.6 Å². The first-order valence-electron chi connectivity index (χ1n) is 13.1. The molecule has 0 fully saturated rings. The van der Waals surface area contributed by atoms with Gasteiger partial charge in [-0.25, -0.2) is 4.98 Å². The third-order valence-corrected chi connectivity index (χ3v) is 7.31. The van der Waals surface area contributed by atoms with Crippen molar-refractivity contribution in [2.45, 2.75) is 33.1 Å². The fraction of sp³-hybridized carbons (Fsp3) is 0.188. The van der Waals surface area contributed by atoms with E-state index in [0.717, 1.165) is 27.2 Å². The number of carbonyl (C=O) groups is 1. The van der Waals surface area contributed by atoms with Gasteiger partial charge in [0, 0.05) is 21.6 Å². The quantitative estimate of drug-likeness (QED) is 0.195. The highest BCUT2D eigenvalue weighted by atomic mass is 79.9. The van der Waals surface area contributed by atoms with Crippen molar-refractivity contribution in [2.75, 3.05) is 11.9 Å². The van der Waals surface area contributed by atoms with Crippen molar-refractivity contribution in [3.8, 4) is 5.75 Å². The molecule has 0 aliphatic heterocycles. The zero-order valence-corrected chi connectivity index (χ0v) is 24.1. The van der Waals surface area contributed by atoms with Crippen molar-refractivity contribution in [3.63, 3.8) is 0 Å². The molecule has 0 bridgehead atoms. The molecule has 0 saturated heterocycles. The van der Waals surface area contributed by atoms with Gasteiger partial charge in [0.25, 0.3) is 11.5 Å². The summed E-state index contributed by atoms with van der Waals surface area (Å²) >= 11 is 3.45. The lowest BCUT2D eigenvalue weighted by Crippen LogP contribution is -2.24. The highest BCUT2D eigenvalue weighted by molar-refractivity contribution is 9.10. The van der Waals surface area contributed by atoms with Crippen LogP contribution in [0.5, 0.6) is 5.75 Å². The normalized spacial score (nSPS) is 12.2. The van der Waals surface area contributed by atoms with Crippen molar-refractivity contribution in [2.24, 2.45) is 5.10 Å². The standard InChI is InChI=1S/C32H29BrN4O3/c1-4-21(3)31-36-28-15-12-23(33)17-26(28)32(39)37(31)34-18-27-25-8-6-5-7-22(25)11-16-29(27)40-19-30(38)35-24-13-9-20(2)10-14-24/h5-18,21H,4,19H2,1-3H3,(H,35,38)/t21-/m0/s1. The molecule has 202 valence electrons. The Kier molecular flexibility index (Phi) is 8.07. The maximum atomic E-state index is 13.6. The first kappa shape index (κ1) is 27.3. The van der Waals surface area contributed by atoms with E-state index in [1.54, 1.807) is 12.3 Å². The first-order valence-corrected chi connectivity index (χ1v) is 13.9. The number of aromatic nitrogens is 2. The molecule has 1 atom stereocenters. The van der Waals surface area contributed by atoms with Crippen LogP contribution in [0.15, 0.2) is 93.2 Å². The van der Waals surface area contributed by atoms with Gasteiger partial charge in [-0.05, 0) is 60.5 Å². The number of carbonyl (C=O) groups excluding carboxylic acids is 1. The molecular weight excluding hydrogens is 568 g/mol. The minimum atomic E-state index is -0.278. The van der Waals surface area contributed by atoms with E-state index < -0.39 is 0 Å². The van der Waals surface area contributed by atoms with Gasteiger partial charge in [-0.2, -0.15) is 9.78 Å². The molecule has 0 aliphatic carbocycles. The summed E-state index contributed by atoms with van der Waals surface area (Å²) < 4.78 is 8.16. The molecule has 0 radical (unpaired) electrons. The Morgan fingerprint density at radius 1 is 1.07 bits per heavy atom. The van der Waals surface area contributed by atoms with Crippen LogP contribution in [0.1, 0.15) is 43.1 Å². The van der Waals surface area contributed by atoms with E-state index in [4.69, 9.17) is 9.72 Å². The molecule has 0 aliphatic rings. The van der Waals surface area contributed by atoms with Crippen molar-refractivity contribution >= 4 is 55.4 Å². The molecule has 5 rings (SSSR count). The number of halogens is 1. The van der Waals surface area contributed by atoms with Crippen LogP contribution in [0, 0.1) is 6.92 Å². The van der Waals surface area contributed by atoms with E-state index in [0.29, 0.717) is 33.7 Å². The number of rotatable bonds is 8. The lowest BCUT2D eigenvalue weighted by molar-refractivity contribution is -0.118. The van der Waals surface area contributed by atoms with E-state index in [1.807, 2.05) is 86.6 Å². The Morgan fingerprint density at radius 3 is 2.62 bits per heavy atom. The number of amides is 1. The number of ether oxygens (including phenoxy) is 1. The van der Waals surface area contributed by atoms with Crippen molar-refractivity contribution in [1.29, 1.82) is 0 Å². The second-order valence-electron chi connectivity index (χ2n) is 9.70. The second kappa shape index (κ2) is 11.8. The van der Waals surface area contributed by atoms with Gasteiger partial charge in [-0.3, -0.25) is 9.59 Å². The molecular formula is C32H29BrN4O3. The lowest BCUT2D eigenvalue weighted by atomic mass is 10.0. The highest BCUT2D eigenvalue weighted by Gasteiger charge is 2.16. The van der Waals surface area contributed by atoms with Gasteiger partial charge >= 0.3 is 0 Å². The minimum Gasteiger partial charge on any atom is -0.483 e. The molecule has 1 heterocycles. The van der Waals surface area contributed by atoms with Crippen LogP contribution >= 0.6 is 15.9 Å². The average Bonchev–Trinajstić information content (AvgIpc) is 2.96. The summed E-state index contributed by atoms with van der Waals surface area (Å²) in [5.74, 6) is 0.793. The molecule has 7 nitrogen and oxygen atoms in total. The van der Waals surface area contributed by atoms with Crippen molar-refractivity contribution in [3.05, 3.63) is 111 Å². The van der Waals surface area contributed by atoms with Crippen molar-refractivity contribution in [1.82, 2.24) is 9.66 Å². The number of nitrogens with one attached hydrogen (secondary N) is 1. The summed E-state index contributed by atoms with van der Waals surface area (Å²) in [7, 11) is 0. The number of aryl methyl sites for hydroxylation is 1. The lowest BCUT2D eigenvalue weighted by Gasteiger charge is -2.15. The Hall–Kier alpha value is -4.30. The number of nitrogens with zero attached hydrogens (tertiary/aromatic N) is 3. The summed E-state index contributed by atoms with van der Waals surface area (Å²) in [6.07, 6.45) is 2.41. The summed E-state index contributed by atoms with van der Waals surface area (Å²) in [5.41, 5.74) is 2.85. The monoisotopic (exact) mass is 596 g/mol. The van der Waals surface area contributed by atoms with Gasteiger partial charge in [-0.1, -0.05) is 77.8 Å². The number of anilines is 1. The van der Waals surface area contributed by atoms with Gasteiger partial charge < -0.3 is 10.1 Å². The van der Waals surface area contributed by atoms with E-state index in [9.17, 15) is 9.59 Å². The van der Waals surface area contributed by atoms with Crippen LogP contribution in [0.25, 0.3) is 21.7 Å². The van der Waals surface area contributed by atoms with E-state index >= 15 is 0 Å². The van der Waals surface area contributed by atoms with Crippen LogP contribution in [0.4, 0.5) is 5.69 Å². The molecule has 1 amide bonds. The third-order valence-electron chi connectivity index (χ3n) is 6.81. The zero-order chi connectivity index (χ0) is 28.2. The maximum absolute atomic E-state index is 13.6. The average molecular weight is 598 g/mol. The molecule has 0 saturated carbocycles. The van der Waals surface area contributed by atoms with Gasteiger partial charge in [0.2, 0.25) is 0 Å². The molecule has 1 aromatic heterocycles. The van der Waals surface area contributed by atoms with Crippen LogP contribution in [0.3, 0.4) is 0 Å². The molecule has 0 spiro atoms. The highest BCUT2D eigenvalue weighted by Crippen LogP contribution is 2.27. The maximum Gasteiger partial charge on any atom is 0.282 e. The second-order valence-corrected chi connectivity index (χ2v) is 10.6. The third kappa shape index (κ3) is 5.82. The predicted octanol–water partition coefficient (Wildman–Crippen LogP) is 7.03. The molecule has 8 heteroatoms. The molecule has 0 unspecified atom stereocenters. The van der Waals surface area contributed by atoms with Gasteiger partial charge in [0.15, 0.2) is 6.61 Å². The number of hydrogen-bond acceptors (Lipinski definition) is 5. The minimum absolute atomic E-state index is 0.00612. The van der Waals surface area contributed by atoms with Gasteiger partial charge in [0.05, 0.1) is 17.1 Å². The first-order chi connectivity index (χ1) is 19.3. The topological polar surface area (TPSA) is 85.6 Å². The summed E-state index contributed by atoms with van der Waals surface area (Å²) in [4.78, 5) is 31.0. The Balaban J connectivity index is 1.53. The fourth-order valence-electron chi connectivity index (χ4n) is 4.41. The molecule has 40 heavy (non-hydrogen) atoms. The molecule has 5 aromatic rings. The molecule has 1 N–H and O–H groups in total. The van der Waals surface area contributed by atoms with Gasteiger partial charge in [-0.15, -0.1) is 0 Å². The SMILES string of the molecule is CC[C@H](C)c1nc2ccc(Br)cc2c(=O)n1N=Cc1c(OCC(=O)Nc2ccc(C)cc2)ccc2ccccc12. The zero-order valence-electron chi connectivity index (χ0n) is 22.5. The smallest absolute Gasteiger partial charge is 0.282 e. The van der Waals surface area contributed by atoms with Crippen LogP contribution in [0.2, 0.25) is 0 Å². The Bertz CT molecular complexity index is 1800.